The fourth-order valence-corrected chi connectivity index (χ4v) is 1.37. The van der Waals surface area contributed by atoms with Crippen molar-refractivity contribution in [2.45, 2.75) is 6.61 Å². The first-order chi connectivity index (χ1) is 7.24. The van der Waals surface area contributed by atoms with Crippen LogP contribution in [0.25, 0.3) is 0 Å². The standard InChI is InChI=1S/C10H10BrN3O/c1-14-5-4-9(13-14)7-15-10-3-2-8(11)6-12-10/h2-6H,7H2,1H3. The SMILES string of the molecule is Cn1ccc(COc2ccc(Br)cn2)n1. The number of nitrogens with zero attached hydrogens (tertiary/aromatic N) is 3. The van der Waals surface area contributed by atoms with Crippen molar-refractivity contribution < 1.29 is 4.74 Å². The van der Waals surface area contributed by atoms with Crippen molar-refractivity contribution in [3.05, 3.63) is 40.8 Å². The molecule has 0 saturated heterocycles. The van der Waals surface area contributed by atoms with Crippen LogP contribution >= 0.6 is 15.9 Å². The number of aromatic nitrogens is 3. The van der Waals surface area contributed by atoms with Crippen LogP contribution in [0.15, 0.2) is 35.1 Å². The van der Waals surface area contributed by atoms with Gasteiger partial charge in [-0.25, -0.2) is 4.98 Å². The van der Waals surface area contributed by atoms with E-state index in [1.165, 1.54) is 0 Å². The van der Waals surface area contributed by atoms with Gasteiger partial charge in [-0.2, -0.15) is 5.10 Å². The van der Waals surface area contributed by atoms with E-state index in [0.29, 0.717) is 12.5 Å². The summed E-state index contributed by atoms with van der Waals surface area (Å²) in [5.74, 6) is 0.601. The molecule has 0 spiro atoms. The van der Waals surface area contributed by atoms with Crippen LogP contribution in [0.4, 0.5) is 0 Å². The molecule has 0 radical (unpaired) electrons. The molecular weight excluding hydrogens is 258 g/mol. The highest BCUT2D eigenvalue weighted by atomic mass is 79.9. The fraction of sp³-hybridized carbons (Fsp3) is 0.200. The maximum absolute atomic E-state index is 5.45. The molecule has 2 heterocycles. The van der Waals surface area contributed by atoms with Crippen LogP contribution in [0.3, 0.4) is 0 Å². The maximum Gasteiger partial charge on any atom is 0.213 e. The smallest absolute Gasteiger partial charge is 0.213 e. The second kappa shape index (κ2) is 4.44. The Morgan fingerprint density at radius 1 is 1.40 bits per heavy atom. The number of ether oxygens (including phenoxy) is 1. The first-order valence-corrected chi connectivity index (χ1v) is 5.26. The van der Waals surface area contributed by atoms with Gasteiger partial charge in [0.25, 0.3) is 0 Å². The largest absolute Gasteiger partial charge is 0.471 e. The first-order valence-electron chi connectivity index (χ1n) is 4.47. The molecule has 15 heavy (non-hydrogen) atoms. The highest BCUT2D eigenvalue weighted by molar-refractivity contribution is 9.10. The fourth-order valence-electron chi connectivity index (χ4n) is 1.14. The van der Waals surface area contributed by atoms with E-state index in [1.807, 2.05) is 31.4 Å². The topological polar surface area (TPSA) is 39.9 Å². The average Bonchev–Trinajstić information content (AvgIpc) is 2.64. The van der Waals surface area contributed by atoms with E-state index in [9.17, 15) is 0 Å². The Kier molecular flexibility index (Phi) is 3.01. The summed E-state index contributed by atoms with van der Waals surface area (Å²) in [7, 11) is 1.88. The Morgan fingerprint density at radius 3 is 2.87 bits per heavy atom. The third kappa shape index (κ3) is 2.79. The number of hydrogen-bond acceptors (Lipinski definition) is 3. The molecule has 0 aliphatic rings. The average molecular weight is 268 g/mol. The van der Waals surface area contributed by atoms with E-state index in [4.69, 9.17) is 4.74 Å². The summed E-state index contributed by atoms with van der Waals surface area (Å²) in [4.78, 5) is 4.10. The van der Waals surface area contributed by atoms with Crippen LogP contribution in [-0.4, -0.2) is 14.8 Å². The van der Waals surface area contributed by atoms with Crippen molar-refractivity contribution in [2.24, 2.45) is 7.05 Å². The zero-order chi connectivity index (χ0) is 10.7. The van der Waals surface area contributed by atoms with Crippen molar-refractivity contribution in [1.29, 1.82) is 0 Å². The zero-order valence-corrected chi connectivity index (χ0v) is 9.81. The van der Waals surface area contributed by atoms with Crippen LogP contribution in [0, 0.1) is 0 Å². The number of aryl methyl sites for hydroxylation is 1. The zero-order valence-electron chi connectivity index (χ0n) is 8.22. The van der Waals surface area contributed by atoms with E-state index < -0.39 is 0 Å². The quantitative estimate of drug-likeness (QED) is 0.856. The van der Waals surface area contributed by atoms with Crippen molar-refractivity contribution in [2.75, 3.05) is 0 Å². The Hall–Kier alpha value is -1.36. The molecule has 2 aromatic rings. The van der Waals surface area contributed by atoms with Gasteiger partial charge >= 0.3 is 0 Å². The number of hydrogen-bond donors (Lipinski definition) is 0. The van der Waals surface area contributed by atoms with E-state index in [2.05, 4.69) is 26.0 Å². The highest BCUT2D eigenvalue weighted by Gasteiger charge is 1.99. The van der Waals surface area contributed by atoms with Gasteiger partial charge in [-0.1, -0.05) is 0 Å². The Morgan fingerprint density at radius 2 is 2.27 bits per heavy atom. The lowest BCUT2D eigenvalue weighted by molar-refractivity contribution is 0.288. The Labute approximate surface area is 96.0 Å². The van der Waals surface area contributed by atoms with Crippen molar-refractivity contribution in [1.82, 2.24) is 14.8 Å². The summed E-state index contributed by atoms with van der Waals surface area (Å²) in [5, 5.41) is 4.20. The predicted molar refractivity (Wildman–Crippen MR) is 59.5 cm³/mol. The molecule has 0 aliphatic heterocycles. The second-order valence-corrected chi connectivity index (χ2v) is 4.00. The molecule has 5 heteroatoms. The summed E-state index contributed by atoms with van der Waals surface area (Å²) in [6.07, 6.45) is 3.58. The highest BCUT2D eigenvalue weighted by Crippen LogP contribution is 2.13. The van der Waals surface area contributed by atoms with Crippen molar-refractivity contribution in [3.63, 3.8) is 0 Å². The van der Waals surface area contributed by atoms with Gasteiger partial charge in [-0.3, -0.25) is 4.68 Å². The van der Waals surface area contributed by atoms with Gasteiger partial charge in [0.1, 0.15) is 6.61 Å². The summed E-state index contributed by atoms with van der Waals surface area (Å²) in [5.41, 5.74) is 0.891. The predicted octanol–water partition coefficient (Wildman–Crippen LogP) is 2.16. The maximum atomic E-state index is 5.45. The van der Waals surface area contributed by atoms with Crippen LogP contribution in [0.5, 0.6) is 5.88 Å². The summed E-state index contributed by atoms with van der Waals surface area (Å²) < 4.78 is 8.13. The normalized spacial score (nSPS) is 10.3. The van der Waals surface area contributed by atoms with Crippen LogP contribution in [0.1, 0.15) is 5.69 Å². The van der Waals surface area contributed by atoms with E-state index >= 15 is 0 Å². The van der Waals surface area contributed by atoms with Gasteiger partial charge in [0, 0.05) is 30.0 Å². The lowest BCUT2D eigenvalue weighted by atomic mass is 10.4. The lowest BCUT2D eigenvalue weighted by Crippen LogP contribution is -1.98. The number of rotatable bonds is 3. The third-order valence-electron chi connectivity index (χ3n) is 1.84. The molecule has 0 atom stereocenters. The molecular formula is C10H10BrN3O. The molecule has 2 rings (SSSR count). The van der Waals surface area contributed by atoms with Gasteiger partial charge in [0.05, 0.1) is 5.69 Å². The number of pyridine rings is 1. The molecule has 0 aromatic carbocycles. The lowest BCUT2D eigenvalue weighted by Gasteiger charge is -2.02. The van der Waals surface area contributed by atoms with Crippen molar-refractivity contribution >= 4 is 15.9 Å². The number of halogens is 1. The van der Waals surface area contributed by atoms with E-state index in [1.54, 1.807) is 10.9 Å². The minimum Gasteiger partial charge on any atom is -0.471 e. The molecule has 0 saturated carbocycles. The Bertz CT molecular complexity index is 438. The molecule has 0 aliphatic carbocycles. The van der Waals surface area contributed by atoms with Gasteiger partial charge < -0.3 is 4.74 Å². The summed E-state index contributed by atoms with van der Waals surface area (Å²) in [6, 6.07) is 5.62. The third-order valence-corrected chi connectivity index (χ3v) is 2.31. The molecule has 2 aromatic heterocycles. The van der Waals surface area contributed by atoms with Gasteiger partial charge in [-0.05, 0) is 28.1 Å². The molecule has 0 bridgehead atoms. The summed E-state index contributed by atoms with van der Waals surface area (Å²) >= 11 is 3.31. The van der Waals surface area contributed by atoms with E-state index in [-0.39, 0.29) is 0 Å². The molecule has 0 N–H and O–H groups in total. The minimum absolute atomic E-state index is 0.440. The summed E-state index contributed by atoms with van der Waals surface area (Å²) in [6.45, 7) is 0.440. The van der Waals surface area contributed by atoms with Crippen LogP contribution < -0.4 is 4.74 Å². The minimum atomic E-state index is 0.440. The molecule has 4 nitrogen and oxygen atoms in total. The van der Waals surface area contributed by atoms with Gasteiger partial charge in [-0.15, -0.1) is 0 Å². The molecule has 0 amide bonds. The molecule has 78 valence electrons. The first kappa shape index (κ1) is 10.2. The second-order valence-electron chi connectivity index (χ2n) is 3.08. The Balaban J connectivity index is 1.96. The van der Waals surface area contributed by atoms with E-state index in [0.717, 1.165) is 10.2 Å². The molecule has 0 unspecified atom stereocenters. The van der Waals surface area contributed by atoms with Crippen molar-refractivity contribution in [3.8, 4) is 5.88 Å². The monoisotopic (exact) mass is 267 g/mol. The van der Waals surface area contributed by atoms with Gasteiger partial charge in [0.15, 0.2) is 0 Å². The molecule has 0 fully saturated rings. The van der Waals surface area contributed by atoms with Gasteiger partial charge in [0.2, 0.25) is 5.88 Å². The van der Waals surface area contributed by atoms with Crippen LogP contribution in [0.2, 0.25) is 0 Å². The van der Waals surface area contributed by atoms with Crippen LogP contribution in [-0.2, 0) is 13.7 Å².